The number of methoxy groups -OCH3 is 1. The van der Waals surface area contributed by atoms with Crippen LogP contribution in [0.4, 0.5) is 10.1 Å². The molecule has 5 nitrogen and oxygen atoms in total. The summed E-state index contributed by atoms with van der Waals surface area (Å²) in [5.41, 5.74) is 1.97. The van der Waals surface area contributed by atoms with E-state index in [1.165, 1.54) is 18.2 Å². The van der Waals surface area contributed by atoms with Gasteiger partial charge >= 0.3 is 0 Å². The zero-order chi connectivity index (χ0) is 21.2. The van der Waals surface area contributed by atoms with Crippen molar-refractivity contribution < 1.29 is 13.9 Å². The van der Waals surface area contributed by atoms with Crippen molar-refractivity contribution >= 4 is 17.7 Å². The maximum absolute atomic E-state index is 12.9. The van der Waals surface area contributed by atoms with Crippen LogP contribution >= 0.6 is 0 Å². The van der Waals surface area contributed by atoms with Gasteiger partial charge in [0.25, 0.3) is 0 Å². The molecule has 0 aliphatic carbocycles. The SMILES string of the molecule is [11CH3]Oc1ccccc1N1CCN(CCCCNC(=O)/C=C/c2ccc(F)cc2)CC1. The van der Waals surface area contributed by atoms with Crippen LogP contribution in [0.5, 0.6) is 5.75 Å². The van der Waals surface area contributed by atoms with Gasteiger partial charge in [-0.3, -0.25) is 9.69 Å². The zero-order valence-electron chi connectivity index (χ0n) is 17.5. The summed E-state index contributed by atoms with van der Waals surface area (Å²) in [6.45, 7) is 5.75. The highest BCUT2D eigenvalue weighted by Crippen LogP contribution is 2.28. The molecule has 0 atom stereocenters. The average molecular weight is 411 g/mol. The van der Waals surface area contributed by atoms with Gasteiger partial charge in [-0.1, -0.05) is 24.3 Å². The van der Waals surface area contributed by atoms with E-state index >= 15 is 0 Å². The minimum Gasteiger partial charge on any atom is -0.495 e. The third-order valence-electron chi connectivity index (χ3n) is 5.30. The first kappa shape index (κ1) is 21.8. The topological polar surface area (TPSA) is 44.8 Å². The lowest BCUT2D eigenvalue weighted by molar-refractivity contribution is -0.116. The molecule has 1 aliphatic heterocycles. The standard InChI is InChI=1S/C24H30FN3O2/c1-30-23-7-3-2-6-22(23)28-18-16-27(17-19-28)15-5-4-14-26-24(29)13-10-20-8-11-21(25)12-9-20/h2-3,6-13H,4-5,14-19H2,1H3,(H,26,29)/b13-10+/i1-1. The van der Waals surface area contributed by atoms with E-state index in [1.807, 2.05) is 18.2 Å². The molecule has 6 heteroatoms. The second-order valence-corrected chi connectivity index (χ2v) is 7.38. The fraction of sp³-hybridized carbons (Fsp3) is 0.375. The molecule has 1 fully saturated rings. The maximum Gasteiger partial charge on any atom is 0.243 e. The van der Waals surface area contributed by atoms with E-state index in [2.05, 4.69) is 21.2 Å². The van der Waals surface area contributed by atoms with Crippen LogP contribution in [0.2, 0.25) is 0 Å². The number of para-hydroxylation sites is 2. The first-order valence-corrected chi connectivity index (χ1v) is 10.5. The van der Waals surface area contributed by atoms with E-state index in [4.69, 9.17) is 4.74 Å². The van der Waals surface area contributed by atoms with Crippen molar-refractivity contribution in [2.24, 2.45) is 0 Å². The molecule has 1 saturated heterocycles. The molecule has 2 aromatic carbocycles. The van der Waals surface area contributed by atoms with Crippen molar-refractivity contribution in [3.8, 4) is 5.75 Å². The van der Waals surface area contributed by atoms with Gasteiger partial charge in [-0.25, -0.2) is 4.39 Å². The van der Waals surface area contributed by atoms with Gasteiger partial charge in [0.15, 0.2) is 0 Å². The number of unbranched alkanes of at least 4 members (excludes halogenated alkanes) is 1. The third-order valence-corrected chi connectivity index (χ3v) is 5.30. The predicted molar refractivity (Wildman–Crippen MR) is 119 cm³/mol. The fourth-order valence-electron chi connectivity index (χ4n) is 3.58. The number of rotatable bonds is 9. The second-order valence-electron chi connectivity index (χ2n) is 7.38. The molecule has 1 N–H and O–H groups in total. The van der Waals surface area contributed by atoms with Crippen LogP contribution in [0, 0.1) is 5.82 Å². The summed E-state index contributed by atoms with van der Waals surface area (Å²) < 4.78 is 18.3. The lowest BCUT2D eigenvalue weighted by Crippen LogP contribution is -2.46. The van der Waals surface area contributed by atoms with Crippen molar-refractivity contribution in [1.29, 1.82) is 0 Å². The van der Waals surface area contributed by atoms with Crippen LogP contribution < -0.4 is 15.0 Å². The van der Waals surface area contributed by atoms with Crippen molar-refractivity contribution in [2.75, 3.05) is 51.3 Å². The smallest absolute Gasteiger partial charge is 0.243 e. The normalized spacial score (nSPS) is 14.8. The number of carbonyl (C=O) groups is 1. The summed E-state index contributed by atoms with van der Waals surface area (Å²) in [7, 11) is 1.71. The van der Waals surface area contributed by atoms with E-state index in [9.17, 15) is 9.18 Å². The zero-order valence-corrected chi connectivity index (χ0v) is 17.5. The van der Waals surface area contributed by atoms with E-state index in [0.29, 0.717) is 6.54 Å². The van der Waals surface area contributed by atoms with Crippen LogP contribution in [-0.4, -0.2) is 57.2 Å². The summed E-state index contributed by atoms with van der Waals surface area (Å²) in [5.74, 6) is 0.526. The highest BCUT2D eigenvalue weighted by Gasteiger charge is 2.18. The quantitative estimate of drug-likeness (QED) is 0.507. The first-order chi connectivity index (χ1) is 14.7. The number of nitrogens with zero attached hydrogens (tertiary/aromatic N) is 2. The van der Waals surface area contributed by atoms with Crippen molar-refractivity contribution in [1.82, 2.24) is 10.2 Å². The molecule has 3 rings (SSSR count). The molecular weight excluding hydrogens is 380 g/mol. The van der Waals surface area contributed by atoms with E-state index < -0.39 is 0 Å². The van der Waals surface area contributed by atoms with Gasteiger partial charge in [0, 0.05) is 38.8 Å². The van der Waals surface area contributed by atoms with E-state index in [-0.39, 0.29) is 11.7 Å². The lowest BCUT2D eigenvalue weighted by atomic mass is 10.2. The minimum atomic E-state index is -0.280. The largest absolute Gasteiger partial charge is 0.495 e. The number of anilines is 1. The van der Waals surface area contributed by atoms with Gasteiger partial charge in [-0.15, -0.1) is 0 Å². The highest BCUT2D eigenvalue weighted by molar-refractivity contribution is 5.91. The number of carbonyl (C=O) groups excluding carboxylic acids is 1. The third kappa shape index (κ3) is 6.59. The maximum atomic E-state index is 12.9. The summed E-state index contributed by atoms with van der Waals surface area (Å²) in [6, 6.07) is 14.2. The lowest BCUT2D eigenvalue weighted by Gasteiger charge is -2.36. The van der Waals surface area contributed by atoms with Crippen molar-refractivity contribution in [3.05, 3.63) is 66.0 Å². The Kier molecular flexibility index (Phi) is 8.27. The highest BCUT2D eigenvalue weighted by atomic mass is 19.1. The Balaban J connectivity index is 1.29. The number of hydrogen-bond donors (Lipinski definition) is 1. The molecular formula is C24H30FN3O2. The number of nitrogens with one attached hydrogen (secondary N) is 1. The Morgan fingerprint density at radius 3 is 2.53 bits per heavy atom. The Labute approximate surface area is 178 Å². The summed E-state index contributed by atoms with van der Waals surface area (Å²) in [6.07, 6.45) is 5.18. The molecule has 0 saturated carbocycles. The van der Waals surface area contributed by atoms with Gasteiger partial charge < -0.3 is 15.0 Å². The molecule has 0 aromatic heterocycles. The van der Waals surface area contributed by atoms with E-state index in [0.717, 1.165) is 62.6 Å². The van der Waals surface area contributed by atoms with Gasteiger partial charge in [-0.05, 0) is 55.3 Å². The number of amides is 1. The molecule has 2 aromatic rings. The number of ether oxygens (including phenoxy) is 1. The molecule has 160 valence electrons. The van der Waals surface area contributed by atoms with Gasteiger partial charge in [0.1, 0.15) is 11.6 Å². The van der Waals surface area contributed by atoms with Crippen LogP contribution in [0.3, 0.4) is 0 Å². The summed E-state index contributed by atoms with van der Waals surface area (Å²) >= 11 is 0. The Hall–Kier alpha value is -2.86. The van der Waals surface area contributed by atoms with E-state index in [1.54, 1.807) is 25.3 Å². The van der Waals surface area contributed by atoms with Gasteiger partial charge in [0.2, 0.25) is 5.91 Å². The average Bonchev–Trinajstić information content (AvgIpc) is 2.79. The molecule has 0 spiro atoms. The summed E-state index contributed by atoms with van der Waals surface area (Å²) in [5, 5.41) is 2.90. The van der Waals surface area contributed by atoms with Crippen LogP contribution in [0.15, 0.2) is 54.6 Å². The number of hydrogen-bond acceptors (Lipinski definition) is 4. The minimum absolute atomic E-state index is 0.121. The Morgan fingerprint density at radius 2 is 1.80 bits per heavy atom. The molecule has 1 aliphatic rings. The second kappa shape index (κ2) is 11.4. The Morgan fingerprint density at radius 1 is 1.07 bits per heavy atom. The van der Waals surface area contributed by atoms with Crippen molar-refractivity contribution in [2.45, 2.75) is 12.8 Å². The molecule has 0 radical (unpaired) electrons. The van der Waals surface area contributed by atoms with Crippen molar-refractivity contribution in [3.63, 3.8) is 0 Å². The van der Waals surface area contributed by atoms with Gasteiger partial charge in [-0.2, -0.15) is 0 Å². The predicted octanol–water partition coefficient (Wildman–Crippen LogP) is 3.57. The monoisotopic (exact) mass is 410 g/mol. The first-order valence-electron chi connectivity index (χ1n) is 10.5. The molecule has 1 heterocycles. The van der Waals surface area contributed by atoms with Crippen LogP contribution in [-0.2, 0) is 4.79 Å². The number of benzene rings is 2. The molecule has 1 amide bonds. The molecule has 30 heavy (non-hydrogen) atoms. The summed E-state index contributed by atoms with van der Waals surface area (Å²) in [4.78, 5) is 16.7. The van der Waals surface area contributed by atoms with Gasteiger partial charge in [0.05, 0.1) is 12.8 Å². The number of halogens is 1. The van der Waals surface area contributed by atoms with Crippen LogP contribution in [0.25, 0.3) is 6.08 Å². The molecule has 0 unspecified atom stereocenters. The Bertz CT molecular complexity index is 831. The molecule has 0 bridgehead atoms. The number of piperazine rings is 1. The fourth-order valence-corrected chi connectivity index (χ4v) is 3.58. The van der Waals surface area contributed by atoms with Crippen LogP contribution in [0.1, 0.15) is 18.4 Å².